The van der Waals surface area contributed by atoms with Gasteiger partial charge in [-0.05, 0) is 27.7 Å². The van der Waals surface area contributed by atoms with Crippen LogP contribution in [-0.4, -0.2) is 25.0 Å². The number of hydrogen-bond donors (Lipinski definition) is 0. The van der Waals surface area contributed by atoms with Crippen LogP contribution in [0.1, 0.15) is 27.7 Å². The van der Waals surface area contributed by atoms with Crippen LogP contribution < -0.4 is 0 Å². The van der Waals surface area contributed by atoms with Gasteiger partial charge in [0.25, 0.3) is 0 Å². The first-order chi connectivity index (χ1) is 8.54. The Kier molecular flexibility index (Phi) is 6.97. The maximum absolute atomic E-state index is 11.8. The molecule has 2 nitrogen and oxygen atoms in total. The summed E-state index contributed by atoms with van der Waals surface area (Å²) in [6.07, 6.45) is -9.22. The van der Waals surface area contributed by atoms with E-state index in [2.05, 4.69) is 4.94 Å². The lowest BCUT2D eigenvalue weighted by molar-refractivity contribution is -0.246. The first kappa shape index (κ1) is 21.2. The fraction of sp³-hybridized carbons (Fsp3) is 0.900. The Bertz CT molecular complexity index is 316. The van der Waals surface area contributed by atoms with E-state index in [9.17, 15) is 40.1 Å². The molecule has 0 aromatic rings. The van der Waals surface area contributed by atoms with Crippen molar-refractivity contribution < 1.29 is 45.0 Å². The van der Waals surface area contributed by atoms with Crippen molar-refractivity contribution >= 4 is 5.97 Å². The van der Waals surface area contributed by atoms with Gasteiger partial charge >= 0.3 is 18.3 Å². The van der Waals surface area contributed by atoms with Crippen LogP contribution in [-0.2, 0) is 9.74 Å². The third kappa shape index (κ3) is 5.49. The molecule has 0 saturated heterocycles. The lowest BCUT2D eigenvalue weighted by atomic mass is 9.93. The molecule has 0 aromatic heterocycles. The van der Waals surface area contributed by atoms with Crippen LogP contribution in [0.15, 0.2) is 0 Å². The Balaban J connectivity index is 0. The molecular formula is C10H14F8O2. The summed E-state index contributed by atoms with van der Waals surface area (Å²) in [7, 11) is 0. The molecule has 10 heteroatoms. The molecule has 0 amide bonds. The Morgan fingerprint density at radius 1 is 0.900 bits per heavy atom. The molecule has 0 aromatic carbocycles. The van der Waals surface area contributed by atoms with Gasteiger partial charge in [-0.2, -0.15) is 26.3 Å². The molecule has 0 aliphatic carbocycles. The number of carbonyl (C=O) groups excluding carboxylic acids is 1. The van der Waals surface area contributed by atoms with E-state index in [1.807, 2.05) is 0 Å². The van der Waals surface area contributed by atoms with Gasteiger partial charge in [0.1, 0.15) is 6.67 Å². The minimum atomic E-state index is -4.80. The highest BCUT2D eigenvalue weighted by Crippen LogP contribution is 2.38. The van der Waals surface area contributed by atoms with Crippen molar-refractivity contribution in [3.63, 3.8) is 0 Å². The lowest BCUT2D eigenvalue weighted by Gasteiger charge is -2.23. The van der Waals surface area contributed by atoms with E-state index in [0.29, 0.717) is 13.8 Å². The van der Waals surface area contributed by atoms with Gasteiger partial charge < -0.3 is 0 Å². The normalized spacial score (nSPS) is 13.4. The maximum Gasteiger partial charge on any atom is 0.404 e. The van der Waals surface area contributed by atoms with Gasteiger partial charge in [0.05, 0.1) is 5.41 Å². The average molecular weight is 318 g/mol. The zero-order chi connectivity index (χ0) is 17.0. The molecule has 0 unspecified atom stereocenters. The number of halogens is 8. The summed E-state index contributed by atoms with van der Waals surface area (Å²) < 4.78 is 92.8. The first-order valence-corrected chi connectivity index (χ1v) is 5.07. The van der Waals surface area contributed by atoms with Crippen molar-refractivity contribution in [3.05, 3.63) is 0 Å². The number of hydrogen-bond acceptors (Lipinski definition) is 2. The van der Waals surface area contributed by atoms with E-state index in [1.165, 1.54) is 0 Å². The van der Waals surface area contributed by atoms with Gasteiger partial charge in [-0.1, -0.05) is 0 Å². The van der Waals surface area contributed by atoms with Crippen molar-refractivity contribution in [2.45, 2.75) is 40.0 Å². The average Bonchev–Trinajstić information content (AvgIpc) is 2.25. The Hall–Kier alpha value is -1.09. The second-order valence-electron chi connectivity index (χ2n) is 5.00. The van der Waals surface area contributed by atoms with Crippen molar-refractivity contribution in [3.8, 4) is 0 Å². The van der Waals surface area contributed by atoms with Crippen LogP contribution in [0.5, 0.6) is 0 Å². The van der Waals surface area contributed by atoms with Crippen LogP contribution in [0.2, 0.25) is 0 Å². The van der Waals surface area contributed by atoms with Crippen LogP contribution in [0.25, 0.3) is 0 Å². The molecular weight excluding hydrogens is 304 g/mol. The number of rotatable bonds is 2. The molecule has 0 rings (SSSR count). The van der Waals surface area contributed by atoms with Gasteiger partial charge in [0.2, 0.25) is 0 Å². The smallest absolute Gasteiger partial charge is 0.254 e. The molecule has 0 atom stereocenters. The summed E-state index contributed by atoms with van der Waals surface area (Å²) in [5.41, 5.74) is -4.98. The van der Waals surface area contributed by atoms with Crippen molar-refractivity contribution in [2.75, 3.05) is 6.67 Å². The summed E-state index contributed by atoms with van der Waals surface area (Å²) in [5, 5.41) is 0. The predicted molar refractivity (Wildman–Crippen MR) is 52.8 cm³/mol. The molecule has 20 heavy (non-hydrogen) atoms. The maximum atomic E-state index is 11.8. The molecule has 0 fully saturated rings. The standard InChI is InChI=1S/C5H6F4O2.C5H8F4/c1-4(2,3(10)11-9)5(6,7)8;1-4(2,3-6)5(7,8)9/h1-2H3;3H2,1-2H3. The van der Waals surface area contributed by atoms with Crippen LogP contribution >= 0.6 is 0 Å². The van der Waals surface area contributed by atoms with E-state index in [0.717, 1.165) is 13.8 Å². The van der Waals surface area contributed by atoms with Gasteiger partial charge in [-0.15, -0.1) is 0 Å². The molecule has 0 bridgehead atoms. The lowest BCUT2D eigenvalue weighted by Crippen LogP contribution is -2.39. The first-order valence-electron chi connectivity index (χ1n) is 5.07. The van der Waals surface area contributed by atoms with Crippen molar-refractivity contribution in [1.82, 2.24) is 0 Å². The second kappa shape index (κ2) is 6.57. The van der Waals surface area contributed by atoms with Crippen molar-refractivity contribution in [2.24, 2.45) is 10.8 Å². The van der Waals surface area contributed by atoms with Gasteiger partial charge in [0.15, 0.2) is 5.41 Å². The Morgan fingerprint density at radius 2 is 1.25 bits per heavy atom. The summed E-state index contributed by atoms with van der Waals surface area (Å²) in [4.78, 5) is 12.6. The zero-order valence-corrected chi connectivity index (χ0v) is 11.0. The van der Waals surface area contributed by atoms with E-state index in [1.54, 1.807) is 0 Å². The monoisotopic (exact) mass is 318 g/mol. The minimum Gasteiger partial charge on any atom is -0.254 e. The molecule has 0 saturated carbocycles. The molecule has 0 aliphatic rings. The topological polar surface area (TPSA) is 26.3 Å². The molecule has 0 radical (unpaired) electrons. The highest BCUT2D eigenvalue weighted by atomic mass is 19.4. The molecule has 122 valence electrons. The van der Waals surface area contributed by atoms with E-state index in [-0.39, 0.29) is 0 Å². The SMILES string of the molecule is CC(C)(C(=O)OF)C(F)(F)F.CC(C)(CF)C(F)(F)F. The predicted octanol–water partition coefficient (Wildman–Crippen LogP) is 4.55. The second-order valence-corrected chi connectivity index (χ2v) is 5.00. The highest BCUT2D eigenvalue weighted by Gasteiger charge is 2.55. The number of carbonyl (C=O) groups is 1. The van der Waals surface area contributed by atoms with E-state index in [4.69, 9.17) is 0 Å². The largest absolute Gasteiger partial charge is 0.404 e. The summed E-state index contributed by atoms with van der Waals surface area (Å²) in [5.74, 6) is -1.94. The van der Waals surface area contributed by atoms with Crippen LogP contribution in [0.3, 0.4) is 0 Å². The molecule has 0 aliphatic heterocycles. The third-order valence-corrected chi connectivity index (χ3v) is 2.39. The number of alkyl halides is 7. The van der Waals surface area contributed by atoms with Gasteiger partial charge in [-0.3, -0.25) is 9.33 Å². The molecule has 0 N–H and O–H groups in total. The summed E-state index contributed by atoms with van der Waals surface area (Å²) >= 11 is 0. The Morgan fingerprint density at radius 3 is 1.30 bits per heavy atom. The zero-order valence-electron chi connectivity index (χ0n) is 11.0. The molecule has 0 spiro atoms. The van der Waals surface area contributed by atoms with Crippen LogP contribution in [0.4, 0.5) is 35.3 Å². The summed E-state index contributed by atoms with van der Waals surface area (Å²) in [6.45, 7) is 1.36. The van der Waals surface area contributed by atoms with Gasteiger partial charge in [0, 0.05) is 4.53 Å². The van der Waals surface area contributed by atoms with Crippen LogP contribution in [0, 0.1) is 10.8 Å². The Labute approximate surface area is 110 Å². The fourth-order valence-corrected chi connectivity index (χ4v) is 0.288. The van der Waals surface area contributed by atoms with E-state index >= 15 is 0 Å². The van der Waals surface area contributed by atoms with Crippen molar-refractivity contribution in [1.29, 1.82) is 0 Å². The fourth-order valence-electron chi connectivity index (χ4n) is 0.288. The quantitative estimate of drug-likeness (QED) is 0.698. The molecule has 0 heterocycles. The third-order valence-electron chi connectivity index (χ3n) is 2.39. The highest BCUT2D eigenvalue weighted by molar-refractivity contribution is 5.76. The summed E-state index contributed by atoms with van der Waals surface area (Å²) in [6, 6.07) is 0. The minimum absolute atomic E-state index is 0.537. The van der Waals surface area contributed by atoms with E-state index < -0.39 is 35.8 Å². The van der Waals surface area contributed by atoms with Gasteiger partial charge in [-0.25, -0.2) is 4.79 Å².